The molecule has 18 heavy (non-hydrogen) atoms. The van der Waals surface area contributed by atoms with Gasteiger partial charge < -0.3 is 15.4 Å². The van der Waals surface area contributed by atoms with Gasteiger partial charge >= 0.3 is 0 Å². The van der Waals surface area contributed by atoms with Gasteiger partial charge in [-0.3, -0.25) is 4.79 Å². The second kappa shape index (κ2) is 4.98. The lowest BCUT2D eigenvalue weighted by Gasteiger charge is -2.30. The fourth-order valence-corrected chi connectivity index (χ4v) is 2.11. The molecule has 2 rings (SSSR count). The number of carbonyl (C=O) groups excluding carboxylic acids is 1. The van der Waals surface area contributed by atoms with Gasteiger partial charge in [-0.05, 0) is 44.4 Å². The molecule has 0 aliphatic carbocycles. The maximum Gasteiger partial charge on any atom is 0.267 e. The van der Waals surface area contributed by atoms with Crippen LogP contribution in [0.4, 0.5) is 5.69 Å². The summed E-state index contributed by atoms with van der Waals surface area (Å²) in [6.07, 6.45) is 1.47. The molecule has 2 N–H and O–H groups in total. The summed E-state index contributed by atoms with van der Waals surface area (Å²) in [4.78, 5) is 13.4. The highest BCUT2D eigenvalue weighted by Gasteiger charge is 2.28. The third kappa shape index (κ3) is 2.48. The number of fused-ring (bicyclic) bond motifs is 1. The zero-order valence-electron chi connectivity index (χ0n) is 11.1. The van der Waals surface area contributed by atoms with Crippen molar-refractivity contribution in [2.75, 3.05) is 11.9 Å². The maximum absolute atomic E-state index is 11.8. The predicted octanol–water partition coefficient (Wildman–Crippen LogP) is 1.71. The molecular weight excluding hydrogens is 228 g/mol. The van der Waals surface area contributed by atoms with E-state index in [0.29, 0.717) is 0 Å². The smallest absolute Gasteiger partial charge is 0.267 e. The Morgan fingerprint density at radius 3 is 2.89 bits per heavy atom. The Balaban J connectivity index is 2.22. The molecule has 1 heterocycles. The van der Waals surface area contributed by atoms with Crippen molar-refractivity contribution in [3.8, 4) is 5.75 Å². The Bertz CT molecular complexity index is 457. The van der Waals surface area contributed by atoms with Crippen LogP contribution in [0.2, 0.25) is 0 Å². The minimum absolute atomic E-state index is 0.00849. The van der Waals surface area contributed by atoms with Gasteiger partial charge in [0.05, 0.1) is 5.69 Å². The third-order valence-corrected chi connectivity index (χ3v) is 3.26. The molecule has 0 saturated carbocycles. The molecule has 0 radical (unpaired) electrons. The number of nitrogens with zero attached hydrogens (tertiary/aromatic N) is 1. The summed E-state index contributed by atoms with van der Waals surface area (Å²) in [5.74, 6) is 0.776. The first-order chi connectivity index (χ1) is 8.49. The van der Waals surface area contributed by atoms with Gasteiger partial charge in [-0.1, -0.05) is 6.07 Å². The first-order valence-corrected chi connectivity index (χ1v) is 6.31. The lowest BCUT2D eigenvalue weighted by Crippen LogP contribution is -2.41. The molecule has 0 saturated heterocycles. The van der Waals surface area contributed by atoms with Crippen molar-refractivity contribution in [1.29, 1.82) is 0 Å². The number of aryl methyl sites for hydroxylation is 1. The van der Waals surface area contributed by atoms with Crippen molar-refractivity contribution in [2.24, 2.45) is 5.73 Å². The Hall–Kier alpha value is -1.55. The van der Waals surface area contributed by atoms with Crippen LogP contribution in [-0.4, -0.2) is 25.1 Å². The topological polar surface area (TPSA) is 55.6 Å². The molecule has 0 aromatic heterocycles. The van der Waals surface area contributed by atoms with Gasteiger partial charge in [-0.15, -0.1) is 0 Å². The van der Waals surface area contributed by atoms with E-state index in [-0.39, 0.29) is 11.9 Å². The summed E-state index contributed by atoms with van der Waals surface area (Å²) in [5.41, 5.74) is 7.79. The van der Waals surface area contributed by atoms with Gasteiger partial charge in [0, 0.05) is 13.1 Å². The number of hydrogen-bond donors (Lipinski definition) is 1. The molecular formula is C14H20N2O2. The van der Waals surface area contributed by atoms with Crippen LogP contribution in [0.25, 0.3) is 0 Å². The van der Waals surface area contributed by atoms with Gasteiger partial charge in [0.2, 0.25) is 0 Å². The minimum Gasteiger partial charge on any atom is -0.479 e. The van der Waals surface area contributed by atoms with Gasteiger partial charge in [-0.25, -0.2) is 0 Å². The number of anilines is 1. The first-order valence-electron chi connectivity index (χ1n) is 6.31. The highest BCUT2D eigenvalue weighted by atomic mass is 16.5. The summed E-state index contributed by atoms with van der Waals surface area (Å²) in [7, 11) is 1.78. The van der Waals surface area contributed by atoms with Crippen molar-refractivity contribution in [3.63, 3.8) is 0 Å². The average molecular weight is 248 g/mol. The van der Waals surface area contributed by atoms with Crippen molar-refractivity contribution in [1.82, 2.24) is 0 Å². The molecule has 0 bridgehead atoms. The fraction of sp³-hybridized carbons (Fsp3) is 0.500. The van der Waals surface area contributed by atoms with Crippen LogP contribution in [0.15, 0.2) is 18.2 Å². The van der Waals surface area contributed by atoms with E-state index in [9.17, 15) is 4.79 Å². The van der Waals surface area contributed by atoms with E-state index < -0.39 is 6.10 Å². The van der Waals surface area contributed by atoms with E-state index >= 15 is 0 Å². The zero-order chi connectivity index (χ0) is 13.3. The summed E-state index contributed by atoms with van der Waals surface area (Å²) in [6.45, 7) is 3.78. The largest absolute Gasteiger partial charge is 0.479 e. The van der Waals surface area contributed by atoms with Crippen LogP contribution in [0.1, 0.15) is 25.8 Å². The molecule has 1 aliphatic heterocycles. The third-order valence-electron chi connectivity index (χ3n) is 3.26. The van der Waals surface area contributed by atoms with E-state index in [1.807, 2.05) is 25.1 Å². The molecule has 4 heteroatoms. The van der Waals surface area contributed by atoms with Crippen molar-refractivity contribution in [3.05, 3.63) is 23.8 Å². The van der Waals surface area contributed by atoms with Crippen LogP contribution < -0.4 is 15.4 Å². The summed E-state index contributed by atoms with van der Waals surface area (Å²) in [5, 5.41) is 0. The van der Waals surface area contributed by atoms with Crippen molar-refractivity contribution < 1.29 is 9.53 Å². The van der Waals surface area contributed by atoms with Gasteiger partial charge in [-0.2, -0.15) is 0 Å². The Kier molecular flexibility index (Phi) is 3.57. The number of amides is 1. The normalized spacial score (nSPS) is 20.3. The first kappa shape index (κ1) is 12.9. The summed E-state index contributed by atoms with van der Waals surface area (Å²) in [6, 6.07) is 6.18. The number of ether oxygens (including phenoxy) is 1. The molecule has 1 aromatic carbocycles. The van der Waals surface area contributed by atoms with Crippen LogP contribution in [0, 0.1) is 0 Å². The second-order valence-electron chi connectivity index (χ2n) is 4.98. The maximum atomic E-state index is 11.8. The molecule has 98 valence electrons. The number of hydrogen-bond acceptors (Lipinski definition) is 3. The van der Waals surface area contributed by atoms with Crippen LogP contribution in [0.3, 0.4) is 0 Å². The number of rotatable bonds is 3. The average Bonchev–Trinajstić information content (AvgIpc) is 2.33. The monoisotopic (exact) mass is 248 g/mol. The predicted molar refractivity (Wildman–Crippen MR) is 71.9 cm³/mol. The molecule has 2 unspecified atom stereocenters. The molecule has 0 spiro atoms. The molecule has 1 amide bonds. The van der Waals surface area contributed by atoms with Crippen LogP contribution >= 0.6 is 0 Å². The Morgan fingerprint density at radius 2 is 2.22 bits per heavy atom. The SMILES string of the molecule is CC(N)CCc1ccc2c(c1)OC(C)C(=O)N2C. The van der Waals surface area contributed by atoms with E-state index in [0.717, 1.165) is 24.3 Å². The fourth-order valence-electron chi connectivity index (χ4n) is 2.11. The molecule has 1 aromatic rings. The second-order valence-corrected chi connectivity index (χ2v) is 4.98. The summed E-state index contributed by atoms with van der Waals surface area (Å²) >= 11 is 0. The van der Waals surface area contributed by atoms with E-state index in [1.54, 1.807) is 18.9 Å². The number of carbonyl (C=O) groups is 1. The number of benzene rings is 1. The van der Waals surface area contributed by atoms with Crippen LogP contribution in [-0.2, 0) is 11.2 Å². The molecule has 0 fully saturated rings. The van der Waals surface area contributed by atoms with E-state index in [4.69, 9.17) is 10.5 Å². The summed E-state index contributed by atoms with van der Waals surface area (Å²) < 4.78 is 5.64. The van der Waals surface area contributed by atoms with E-state index in [2.05, 4.69) is 0 Å². The molecule has 4 nitrogen and oxygen atoms in total. The van der Waals surface area contributed by atoms with Crippen LogP contribution in [0.5, 0.6) is 5.75 Å². The zero-order valence-corrected chi connectivity index (χ0v) is 11.1. The highest BCUT2D eigenvalue weighted by Crippen LogP contribution is 2.34. The number of nitrogens with two attached hydrogens (primary N) is 1. The molecule has 2 atom stereocenters. The highest BCUT2D eigenvalue weighted by molar-refractivity contribution is 5.99. The Labute approximate surface area is 108 Å². The molecule has 1 aliphatic rings. The van der Waals surface area contributed by atoms with Crippen molar-refractivity contribution in [2.45, 2.75) is 38.8 Å². The van der Waals surface area contributed by atoms with Gasteiger partial charge in [0.1, 0.15) is 5.75 Å². The lowest BCUT2D eigenvalue weighted by atomic mass is 10.0. The standard InChI is InChI=1S/C14H20N2O2/c1-9(15)4-5-11-6-7-12-13(8-11)18-10(2)14(17)16(12)3/h6-10H,4-5,15H2,1-3H3. The lowest BCUT2D eigenvalue weighted by molar-refractivity contribution is -0.125. The Morgan fingerprint density at radius 1 is 1.50 bits per heavy atom. The van der Waals surface area contributed by atoms with E-state index in [1.165, 1.54) is 5.56 Å². The van der Waals surface area contributed by atoms with Crippen molar-refractivity contribution >= 4 is 11.6 Å². The number of likely N-dealkylation sites (N-methyl/N-ethyl adjacent to an activating group) is 1. The quantitative estimate of drug-likeness (QED) is 0.886. The van der Waals surface area contributed by atoms with Gasteiger partial charge in [0.15, 0.2) is 6.10 Å². The minimum atomic E-state index is -0.411. The van der Waals surface area contributed by atoms with Gasteiger partial charge in [0.25, 0.3) is 5.91 Å².